The van der Waals surface area contributed by atoms with Gasteiger partial charge in [0.2, 0.25) is 5.91 Å². The monoisotopic (exact) mass is 502 g/mol. The van der Waals surface area contributed by atoms with Crippen LogP contribution in [-0.4, -0.2) is 37.2 Å². The second-order valence-corrected chi connectivity index (χ2v) is 11.5. The van der Waals surface area contributed by atoms with Gasteiger partial charge in [-0.3, -0.25) is 9.59 Å². The van der Waals surface area contributed by atoms with E-state index < -0.39 is 21.7 Å². The highest BCUT2D eigenvalue weighted by atomic mass is 32.2. The Morgan fingerprint density at radius 1 is 1.12 bits per heavy atom. The molecule has 7 nitrogen and oxygen atoms in total. The minimum atomic E-state index is -3.32. The van der Waals surface area contributed by atoms with Gasteiger partial charge in [-0.1, -0.05) is 61.6 Å². The van der Waals surface area contributed by atoms with E-state index in [1.54, 1.807) is 35.8 Å². The van der Waals surface area contributed by atoms with Crippen molar-refractivity contribution >= 4 is 43.3 Å². The van der Waals surface area contributed by atoms with Crippen molar-refractivity contribution in [3.05, 3.63) is 64.5 Å². The van der Waals surface area contributed by atoms with E-state index in [4.69, 9.17) is 4.74 Å². The van der Waals surface area contributed by atoms with Crippen LogP contribution in [0.1, 0.15) is 50.7 Å². The summed E-state index contributed by atoms with van der Waals surface area (Å²) < 4.78 is 32.5. The van der Waals surface area contributed by atoms with Gasteiger partial charge in [0, 0.05) is 6.42 Å². The van der Waals surface area contributed by atoms with E-state index in [2.05, 4.69) is 18.8 Å². The number of carbonyl (C=O) groups is 2. The Hall–Kier alpha value is -2.78. The number of amides is 1. The first-order chi connectivity index (χ1) is 16.2. The van der Waals surface area contributed by atoms with Crippen LogP contribution in [0.2, 0.25) is 0 Å². The van der Waals surface area contributed by atoms with Crippen LogP contribution in [0.4, 0.5) is 0 Å². The summed E-state index contributed by atoms with van der Waals surface area (Å²) in [5.74, 6) is -0.618. The quantitative estimate of drug-likeness (QED) is 0.387. The van der Waals surface area contributed by atoms with Crippen molar-refractivity contribution in [1.29, 1.82) is 0 Å². The van der Waals surface area contributed by atoms with Gasteiger partial charge in [-0.15, -0.1) is 0 Å². The SMILES string of the molecule is CCOC(=O)Cn1c(=NC(=O)CCCS(=O)(=O)Cc2ccccc2)sc2cc(C(C)C)ccc21. The van der Waals surface area contributed by atoms with Crippen molar-refractivity contribution in [2.24, 2.45) is 4.99 Å². The second-order valence-electron chi connectivity index (χ2n) is 8.34. The van der Waals surface area contributed by atoms with Gasteiger partial charge in [-0.25, -0.2) is 8.42 Å². The third-order valence-electron chi connectivity index (χ3n) is 5.26. The molecule has 3 aromatic rings. The standard InChI is InChI=1S/C25H30N2O5S2/c1-4-32-24(29)16-27-21-13-12-20(18(2)3)15-22(21)33-25(27)26-23(28)11-8-14-34(30,31)17-19-9-6-5-7-10-19/h5-7,9-10,12-13,15,18H,4,8,11,14,16-17H2,1-3H3. The van der Waals surface area contributed by atoms with Crippen molar-refractivity contribution < 1.29 is 22.7 Å². The third kappa shape index (κ3) is 7.11. The first-order valence-electron chi connectivity index (χ1n) is 11.3. The van der Waals surface area contributed by atoms with Crippen LogP contribution in [0.25, 0.3) is 10.2 Å². The number of thiazole rings is 1. The Kier molecular flexibility index (Phi) is 8.79. The van der Waals surface area contributed by atoms with Crippen LogP contribution >= 0.6 is 11.3 Å². The smallest absolute Gasteiger partial charge is 0.326 e. The zero-order valence-corrected chi connectivity index (χ0v) is 21.3. The van der Waals surface area contributed by atoms with E-state index in [-0.39, 0.29) is 37.5 Å². The lowest BCUT2D eigenvalue weighted by atomic mass is 10.0. The molecule has 0 aliphatic carbocycles. The lowest BCUT2D eigenvalue weighted by molar-refractivity contribution is -0.143. The van der Waals surface area contributed by atoms with Crippen LogP contribution < -0.4 is 4.80 Å². The van der Waals surface area contributed by atoms with Gasteiger partial charge in [0.05, 0.1) is 28.3 Å². The van der Waals surface area contributed by atoms with Crippen LogP contribution in [0.15, 0.2) is 53.5 Å². The fourth-order valence-corrected chi connectivity index (χ4v) is 6.05. The number of fused-ring (bicyclic) bond motifs is 1. The highest BCUT2D eigenvalue weighted by molar-refractivity contribution is 7.90. The van der Waals surface area contributed by atoms with Crippen LogP contribution in [0, 0.1) is 0 Å². The maximum absolute atomic E-state index is 12.6. The van der Waals surface area contributed by atoms with Gasteiger partial charge in [0.15, 0.2) is 14.6 Å². The van der Waals surface area contributed by atoms with E-state index in [0.29, 0.717) is 10.7 Å². The van der Waals surface area contributed by atoms with E-state index in [1.165, 1.54) is 11.3 Å². The molecule has 0 fully saturated rings. The fraction of sp³-hybridized carbons (Fsp3) is 0.400. The van der Waals surface area contributed by atoms with Crippen molar-refractivity contribution in [3.63, 3.8) is 0 Å². The lowest BCUT2D eigenvalue weighted by Gasteiger charge is -2.07. The number of aromatic nitrogens is 1. The van der Waals surface area contributed by atoms with Gasteiger partial charge < -0.3 is 9.30 Å². The molecule has 3 rings (SSSR count). The summed E-state index contributed by atoms with van der Waals surface area (Å²) in [7, 11) is -3.32. The maximum atomic E-state index is 12.6. The highest BCUT2D eigenvalue weighted by Gasteiger charge is 2.15. The number of esters is 1. The van der Waals surface area contributed by atoms with Crippen molar-refractivity contribution in [2.75, 3.05) is 12.4 Å². The van der Waals surface area contributed by atoms with E-state index in [9.17, 15) is 18.0 Å². The molecule has 1 aromatic heterocycles. The van der Waals surface area contributed by atoms with E-state index in [1.807, 2.05) is 24.3 Å². The Balaban J connectivity index is 1.77. The molecule has 9 heteroatoms. The molecule has 0 aliphatic heterocycles. The Morgan fingerprint density at radius 3 is 2.53 bits per heavy atom. The molecule has 0 aliphatic rings. The van der Waals surface area contributed by atoms with Crippen molar-refractivity contribution in [1.82, 2.24) is 4.57 Å². The minimum absolute atomic E-state index is 0.0128. The molecule has 182 valence electrons. The molecule has 0 N–H and O–H groups in total. The Labute approximate surface area is 204 Å². The molecule has 0 saturated carbocycles. The van der Waals surface area contributed by atoms with Crippen molar-refractivity contribution in [2.45, 2.75) is 51.8 Å². The van der Waals surface area contributed by atoms with Crippen LogP contribution in [-0.2, 0) is 36.5 Å². The zero-order chi connectivity index (χ0) is 24.7. The number of hydrogen-bond donors (Lipinski definition) is 0. The molecular weight excluding hydrogens is 472 g/mol. The summed E-state index contributed by atoms with van der Waals surface area (Å²) in [4.78, 5) is 29.4. The number of benzene rings is 2. The third-order valence-corrected chi connectivity index (χ3v) is 7.99. The molecule has 0 unspecified atom stereocenters. The van der Waals surface area contributed by atoms with Crippen molar-refractivity contribution in [3.8, 4) is 0 Å². The van der Waals surface area contributed by atoms with Crippen LogP contribution in [0.5, 0.6) is 0 Å². The minimum Gasteiger partial charge on any atom is -0.465 e. The summed E-state index contributed by atoms with van der Waals surface area (Å²) in [6.45, 7) is 6.16. The molecule has 34 heavy (non-hydrogen) atoms. The summed E-state index contributed by atoms with van der Waals surface area (Å²) in [6.07, 6.45) is 0.205. The summed E-state index contributed by atoms with van der Waals surface area (Å²) in [5, 5.41) is 0. The number of hydrogen-bond acceptors (Lipinski definition) is 6. The predicted molar refractivity (Wildman–Crippen MR) is 134 cm³/mol. The number of sulfone groups is 1. The molecule has 1 amide bonds. The number of carbonyl (C=O) groups excluding carboxylic acids is 2. The van der Waals surface area contributed by atoms with Gasteiger partial charge >= 0.3 is 5.97 Å². The molecule has 0 radical (unpaired) electrons. The summed E-state index contributed by atoms with van der Waals surface area (Å²) in [6, 6.07) is 15.0. The fourth-order valence-electron chi connectivity index (χ4n) is 3.53. The first kappa shape index (κ1) is 25.8. The largest absolute Gasteiger partial charge is 0.465 e. The number of ether oxygens (including phenoxy) is 1. The lowest BCUT2D eigenvalue weighted by Crippen LogP contribution is -2.23. The topological polar surface area (TPSA) is 94.8 Å². The van der Waals surface area contributed by atoms with E-state index >= 15 is 0 Å². The molecule has 0 spiro atoms. The Bertz CT molecular complexity index is 1320. The molecule has 1 heterocycles. The maximum Gasteiger partial charge on any atom is 0.326 e. The van der Waals surface area contributed by atoms with E-state index in [0.717, 1.165) is 21.3 Å². The number of nitrogens with zero attached hydrogens (tertiary/aromatic N) is 2. The predicted octanol–water partition coefficient (Wildman–Crippen LogP) is 4.21. The molecule has 0 saturated heterocycles. The molecule has 0 bridgehead atoms. The van der Waals surface area contributed by atoms with Gasteiger partial charge in [-0.05, 0) is 42.5 Å². The second kappa shape index (κ2) is 11.6. The zero-order valence-electron chi connectivity index (χ0n) is 19.7. The highest BCUT2D eigenvalue weighted by Crippen LogP contribution is 2.23. The average molecular weight is 503 g/mol. The summed E-state index contributed by atoms with van der Waals surface area (Å²) in [5.41, 5.74) is 2.68. The van der Waals surface area contributed by atoms with Gasteiger partial charge in [0.25, 0.3) is 0 Å². The van der Waals surface area contributed by atoms with Crippen LogP contribution in [0.3, 0.4) is 0 Å². The summed E-state index contributed by atoms with van der Waals surface area (Å²) >= 11 is 1.33. The molecule has 2 aromatic carbocycles. The normalized spacial score (nSPS) is 12.4. The van der Waals surface area contributed by atoms with Gasteiger partial charge in [-0.2, -0.15) is 4.99 Å². The molecular formula is C25H30N2O5S2. The average Bonchev–Trinajstić information content (AvgIpc) is 3.10. The Morgan fingerprint density at radius 2 is 1.85 bits per heavy atom. The molecule has 0 atom stereocenters. The first-order valence-corrected chi connectivity index (χ1v) is 13.9. The number of rotatable bonds is 10. The van der Waals surface area contributed by atoms with Gasteiger partial charge in [0.1, 0.15) is 6.54 Å².